The van der Waals surface area contributed by atoms with Crippen LogP contribution in [-0.4, -0.2) is 31.4 Å². The number of nitrogens with one attached hydrogen (secondary N) is 2. The standard InChI is InChI=1S/C19H21BrN6O2/c1-3-16(26-11-13(20)10-21-26)18(27)23-15-12-25(4-2)24-17(15)19(28)22-14-8-6-5-7-9-14/h5-12,16H,3-4H2,1-2H3,(H,22,28)(H,23,27). The minimum atomic E-state index is -0.499. The summed E-state index contributed by atoms with van der Waals surface area (Å²) in [5.74, 6) is -0.647. The molecule has 0 saturated heterocycles. The summed E-state index contributed by atoms with van der Waals surface area (Å²) in [5.41, 5.74) is 1.18. The van der Waals surface area contributed by atoms with Gasteiger partial charge in [0, 0.05) is 24.6 Å². The van der Waals surface area contributed by atoms with Crippen molar-refractivity contribution in [2.24, 2.45) is 0 Å². The SMILES string of the molecule is CCC(C(=O)Nc1cn(CC)nc1C(=O)Nc1ccccc1)n1cc(Br)cn1. The lowest BCUT2D eigenvalue weighted by Crippen LogP contribution is -2.27. The Labute approximate surface area is 171 Å². The molecule has 9 heteroatoms. The average Bonchev–Trinajstić information content (AvgIpc) is 3.29. The van der Waals surface area contributed by atoms with Crippen LogP contribution in [0.4, 0.5) is 11.4 Å². The van der Waals surface area contributed by atoms with Crippen molar-refractivity contribution in [3.63, 3.8) is 0 Å². The zero-order chi connectivity index (χ0) is 20.1. The van der Waals surface area contributed by atoms with Gasteiger partial charge in [0.05, 0.1) is 16.4 Å². The number of amides is 2. The van der Waals surface area contributed by atoms with Crippen LogP contribution >= 0.6 is 15.9 Å². The van der Waals surface area contributed by atoms with E-state index in [4.69, 9.17) is 0 Å². The molecule has 2 N–H and O–H groups in total. The molecule has 0 aliphatic heterocycles. The van der Waals surface area contributed by atoms with Gasteiger partial charge in [-0.1, -0.05) is 25.1 Å². The largest absolute Gasteiger partial charge is 0.321 e. The highest BCUT2D eigenvalue weighted by Gasteiger charge is 2.24. The van der Waals surface area contributed by atoms with E-state index in [0.29, 0.717) is 24.3 Å². The van der Waals surface area contributed by atoms with Crippen molar-refractivity contribution in [3.05, 3.63) is 59.1 Å². The van der Waals surface area contributed by atoms with E-state index in [0.717, 1.165) is 4.47 Å². The number of aromatic nitrogens is 4. The van der Waals surface area contributed by atoms with Crippen LogP contribution in [0, 0.1) is 0 Å². The van der Waals surface area contributed by atoms with Gasteiger partial charge < -0.3 is 10.6 Å². The quantitative estimate of drug-likeness (QED) is 0.580. The summed E-state index contributed by atoms with van der Waals surface area (Å²) < 4.78 is 3.99. The highest BCUT2D eigenvalue weighted by molar-refractivity contribution is 9.10. The second kappa shape index (κ2) is 8.83. The number of carbonyl (C=O) groups is 2. The number of aryl methyl sites for hydroxylation is 1. The van der Waals surface area contributed by atoms with Crippen LogP contribution in [0.1, 0.15) is 36.8 Å². The molecule has 28 heavy (non-hydrogen) atoms. The summed E-state index contributed by atoms with van der Waals surface area (Å²) in [6, 6.07) is 8.60. The van der Waals surface area contributed by atoms with Crippen molar-refractivity contribution in [2.45, 2.75) is 32.9 Å². The van der Waals surface area contributed by atoms with Crippen molar-refractivity contribution in [1.82, 2.24) is 19.6 Å². The fraction of sp³-hybridized carbons (Fsp3) is 0.263. The molecule has 0 saturated carbocycles. The van der Waals surface area contributed by atoms with Crippen LogP contribution in [0.15, 0.2) is 53.4 Å². The normalized spacial score (nSPS) is 11.8. The molecule has 2 aromatic heterocycles. The molecule has 2 heterocycles. The zero-order valence-electron chi connectivity index (χ0n) is 15.6. The third-order valence-corrected chi connectivity index (χ3v) is 4.58. The molecule has 1 unspecified atom stereocenters. The predicted molar refractivity (Wildman–Crippen MR) is 110 cm³/mol. The molecular weight excluding hydrogens is 424 g/mol. The lowest BCUT2D eigenvalue weighted by Gasteiger charge is -2.15. The van der Waals surface area contributed by atoms with Crippen molar-refractivity contribution < 1.29 is 9.59 Å². The third-order valence-electron chi connectivity index (χ3n) is 4.17. The second-order valence-corrected chi connectivity index (χ2v) is 7.03. The molecule has 0 radical (unpaired) electrons. The maximum Gasteiger partial charge on any atom is 0.278 e. The summed E-state index contributed by atoms with van der Waals surface area (Å²) in [5, 5.41) is 14.1. The Balaban J connectivity index is 1.82. The minimum absolute atomic E-state index is 0.163. The van der Waals surface area contributed by atoms with Crippen LogP contribution in [0.3, 0.4) is 0 Å². The molecule has 0 bridgehead atoms. The maximum absolute atomic E-state index is 12.8. The fourth-order valence-electron chi connectivity index (χ4n) is 2.75. The van der Waals surface area contributed by atoms with Crippen molar-refractivity contribution >= 4 is 39.1 Å². The van der Waals surface area contributed by atoms with Crippen LogP contribution in [0.2, 0.25) is 0 Å². The minimum Gasteiger partial charge on any atom is -0.321 e. The van der Waals surface area contributed by atoms with Crippen LogP contribution in [0.5, 0.6) is 0 Å². The number of hydrogen-bond donors (Lipinski definition) is 2. The van der Waals surface area contributed by atoms with Gasteiger partial charge in [0.25, 0.3) is 5.91 Å². The van der Waals surface area contributed by atoms with E-state index >= 15 is 0 Å². The van der Waals surface area contributed by atoms with Gasteiger partial charge in [-0.3, -0.25) is 19.0 Å². The van der Waals surface area contributed by atoms with Crippen LogP contribution < -0.4 is 10.6 Å². The van der Waals surface area contributed by atoms with Crippen molar-refractivity contribution in [2.75, 3.05) is 10.6 Å². The Morgan fingerprint density at radius 1 is 1.14 bits per heavy atom. The second-order valence-electron chi connectivity index (χ2n) is 6.12. The first-order chi connectivity index (χ1) is 13.5. The monoisotopic (exact) mass is 444 g/mol. The first kappa shape index (κ1) is 19.8. The van der Waals surface area contributed by atoms with E-state index in [-0.39, 0.29) is 17.5 Å². The highest BCUT2D eigenvalue weighted by Crippen LogP contribution is 2.21. The summed E-state index contributed by atoms with van der Waals surface area (Å²) in [6.07, 6.45) is 5.58. The number of rotatable bonds is 7. The summed E-state index contributed by atoms with van der Waals surface area (Å²) >= 11 is 3.34. The van der Waals surface area contributed by atoms with Crippen LogP contribution in [-0.2, 0) is 11.3 Å². The summed E-state index contributed by atoms with van der Waals surface area (Å²) in [4.78, 5) is 25.5. The molecule has 0 aliphatic carbocycles. The zero-order valence-corrected chi connectivity index (χ0v) is 17.2. The van der Waals surface area contributed by atoms with Gasteiger partial charge in [-0.05, 0) is 41.4 Å². The Morgan fingerprint density at radius 3 is 2.50 bits per heavy atom. The summed E-state index contributed by atoms with van der Waals surface area (Å²) in [7, 11) is 0. The number of benzene rings is 1. The van der Waals surface area contributed by atoms with Crippen molar-refractivity contribution in [1.29, 1.82) is 0 Å². The maximum atomic E-state index is 12.8. The van der Waals surface area contributed by atoms with Gasteiger partial charge >= 0.3 is 0 Å². The Bertz CT molecular complexity index is 966. The van der Waals surface area contributed by atoms with Crippen molar-refractivity contribution in [3.8, 4) is 0 Å². The smallest absolute Gasteiger partial charge is 0.278 e. The molecule has 8 nitrogen and oxygen atoms in total. The molecule has 3 aromatic rings. The topological polar surface area (TPSA) is 93.8 Å². The lowest BCUT2D eigenvalue weighted by molar-refractivity contribution is -0.119. The Hall–Kier alpha value is -2.94. The number of anilines is 2. The van der Waals surface area contributed by atoms with Gasteiger partial charge in [-0.25, -0.2) is 0 Å². The number of halogens is 1. The van der Waals surface area contributed by atoms with Gasteiger partial charge in [0.15, 0.2) is 5.69 Å². The molecule has 146 valence electrons. The number of nitrogens with zero attached hydrogens (tertiary/aromatic N) is 4. The molecular formula is C19H21BrN6O2. The fourth-order valence-corrected chi connectivity index (χ4v) is 3.05. The van der Waals surface area contributed by atoms with Gasteiger partial charge in [0.1, 0.15) is 6.04 Å². The first-order valence-electron chi connectivity index (χ1n) is 8.96. The lowest BCUT2D eigenvalue weighted by atomic mass is 10.2. The number of carbonyl (C=O) groups excluding carboxylic acids is 2. The van der Waals surface area contributed by atoms with E-state index in [1.54, 1.807) is 40.1 Å². The van der Waals surface area contributed by atoms with E-state index in [1.165, 1.54) is 0 Å². The van der Waals surface area contributed by atoms with Gasteiger partial charge in [-0.15, -0.1) is 0 Å². The Kier molecular flexibility index (Phi) is 6.25. The molecule has 1 atom stereocenters. The number of hydrogen-bond acceptors (Lipinski definition) is 4. The van der Waals surface area contributed by atoms with E-state index in [2.05, 4.69) is 36.8 Å². The predicted octanol–water partition coefficient (Wildman–Crippen LogP) is 3.70. The first-order valence-corrected chi connectivity index (χ1v) is 9.75. The van der Waals surface area contributed by atoms with Gasteiger partial charge in [-0.2, -0.15) is 10.2 Å². The van der Waals surface area contributed by atoms with Crippen LogP contribution in [0.25, 0.3) is 0 Å². The molecule has 0 spiro atoms. The van der Waals surface area contributed by atoms with E-state index < -0.39 is 6.04 Å². The molecule has 1 aromatic carbocycles. The molecule has 3 rings (SSSR count). The van der Waals surface area contributed by atoms with E-state index in [1.807, 2.05) is 32.0 Å². The Morgan fingerprint density at radius 2 is 1.89 bits per heavy atom. The average molecular weight is 445 g/mol. The highest BCUT2D eigenvalue weighted by atomic mass is 79.9. The number of para-hydroxylation sites is 1. The molecule has 0 fully saturated rings. The molecule has 0 aliphatic rings. The molecule has 2 amide bonds. The van der Waals surface area contributed by atoms with Gasteiger partial charge in [0.2, 0.25) is 5.91 Å². The third kappa shape index (κ3) is 4.48. The summed E-state index contributed by atoms with van der Waals surface area (Å²) in [6.45, 7) is 4.39. The van der Waals surface area contributed by atoms with E-state index in [9.17, 15) is 9.59 Å².